The Labute approximate surface area is 290 Å². The maximum atomic E-state index is 14.1. The number of carbonyl (C=O) groups is 3. The van der Waals surface area contributed by atoms with E-state index in [4.69, 9.17) is 5.73 Å². The molecule has 10 nitrogen and oxygen atoms in total. The molecule has 6 atom stereocenters. The molecule has 0 radical (unpaired) electrons. The second-order valence-electron chi connectivity index (χ2n) is 14.1. The van der Waals surface area contributed by atoms with Gasteiger partial charge >= 0.3 is 0 Å². The maximum Gasteiger partial charge on any atom is 0.263 e. The number of nitrogens with zero attached hydrogens (tertiary/aromatic N) is 1. The van der Waals surface area contributed by atoms with Crippen LogP contribution in [0.25, 0.3) is 0 Å². The van der Waals surface area contributed by atoms with Gasteiger partial charge in [0.05, 0.1) is 17.2 Å². The molecule has 48 heavy (non-hydrogen) atoms. The normalized spacial score (nSPS) is 21.7. The van der Waals surface area contributed by atoms with Crippen molar-refractivity contribution in [1.82, 2.24) is 20.9 Å². The number of aromatic nitrogens is 1. The molecule has 0 aliphatic heterocycles. The van der Waals surface area contributed by atoms with Gasteiger partial charge in [-0.3, -0.25) is 14.4 Å². The van der Waals surface area contributed by atoms with Crippen molar-refractivity contribution in [3.63, 3.8) is 0 Å². The Morgan fingerprint density at radius 1 is 0.958 bits per heavy atom. The summed E-state index contributed by atoms with van der Waals surface area (Å²) in [6.07, 6.45) is 13.6. The summed E-state index contributed by atoms with van der Waals surface area (Å²) in [5, 5.41) is 10.8. The van der Waals surface area contributed by atoms with Gasteiger partial charge in [0, 0.05) is 18.2 Å². The summed E-state index contributed by atoms with van der Waals surface area (Å²) in [4.78, 5) is 46.0. The molecule has 2 aromatic rings. The molecule has 0 bridgehead atoms. The van der Waals surface area contributed by atoms with Crippen LogP contribution in [0.15, 0.2) is 41.9 Å². The van der Waals surface area contributed by atoms with Crippen molar-refractivity contribution in [2.24, 2.45) is 29.4 Å². The summed E-state index contributed by atoms with van der Waals surface area (Å²) in [7, 11) is -3.45. The summed E-state index contributed by atoms with van der Waals surface area (Å²) in [5.74, 6) is 0.468. The monoisotopic (exact) mass is 699 g/mol. The number of hydrogen-bond acceptors (Lipinski definition) is 8. The third-order valence-electron chi connectivity index (χ3n) is 9.67. The number of carbonyl (C=O) groups excluding carboxylic acids is 3. The number of hydrogen-bond donors (Lipinski definition) is 4. The molecule has 4 rings (SSSR count). The quantitative estimate of drug-likeness (QED) is 0.207. The Hall–Kier alpha value is -3.09. The van der Waals surface area contributed by atoms with Gasteiger partial charge in [-0.1, -0.05) is 82.7 Å². The lowest BCUT2D eigenvalue weighted by molar-refractivity contribution is -0.131. The Bertz CT molecular complexity index is 1520. The number of aryl methyl sites for hydroxylation is 1. The standard InChI is InChI=1S/C36H53N5O5S2/c1-23(2)18-31(34(42)39-29(16-17-48(4,45)46)19-25-12-14-26(21-37)15-13-25)40-35(43)32(41-36(44)33-22-38-24(3)47-33)20-28-10-7-9-27-8-5-6-11-30(27)28/h12-17,22-23,27-32H,5-11,18-21,37H2,1-4H3,(H,39,42)(H,40,43)(H,41,44)/b17-16+/t27?,28?,29-,30?,31+,32+/m1/s1. The van der Waals surface area contributed by atoms with E-state index in [0.29, 0.717) is 48.4 Å². The molecule has 3 amide bonds. The Morgan fingerprint density at radius 3 is 2.27 bits per heavy atom. The highest BCUT2D eigenvalue weighted by Gasteiger charge is 2.38. The highest BCUT2D eigenvalue weighted by Crippen LogP contribution is 2.45. The van der Waals surface area contributed by atoms with Gasteiger partial charge in [0.1, 0.15) is 17.0 Å². The van der Waals surface area contributed by atoms with Crippen molar-refractivity contribution < 1.29 is 22.8 Å². The van der Waals surface area contributed by atoms with Gasteiger partial charge in [-0.2, -0.15) is 0 Å². The van der Waals surface area contributed by atoms with E-state index in [1.54, 1.807) is 0 Å². The predicted molar refractivity (Wildman–Crippen MR) is 191 cm³/mol. The smallest absolute Gasteiger partial charge is 0.263 e. The number of sulfone groups is 1. The molecule has 2 fully saturated rings. The zero-order valence-electron chi connectivity index (χ0n) is 28.7. The van der Waals surface area contributed by atoms with E-state index in [2.05, 4.69) is 20.9 Å². The molecule has 2 aliphatic rings. The van der Waals surface area contributed by atoms with Crippen LogP contribution in [0.5, 0.6) is 0 Å². The van der Waals surface area contributed by atoms with Crippen LogP contribution in [-0.4, -0.2) is 55.5 Å². The van der Waals surface area contributed by atoms with E-state index in [1.165, 1.54) is 49.3 Å². The highest BCUT2D eigenvalue weighted by atomic mass is 32.2. The zero-order chi connectivity index (χ0) is 34.8. The van der Waals surface area contributed by atoms with Crippen LogP contribution >= 0.6 is 11.3 Å². The van der Waals surface area contributed by atoms with Crippen LogP contribution in [0.3, 0.4) is 0 Å². The maximum absolute atomic E-state index is 14.1. The van der Waals surface area contributed by atoms with Crippen LogP contribution in [0.2, 0.25) is 0 Å². The van der Waals surface area contributed by atoms with Crippen molar-refractivity contribution in [3.8, 4) is 0 Å². The fraction of sp³-hybridized carbons (Fsp3) is 0.611. The van der Waals surface area contributed by atoms with Crippen LogP contribution < -0.4 is 21.7 Å². The van der Waals surface area contributed by atoms with Gasteiger partial charge in [0.2, 0.25) is 11.8 Å². The molecular weight excluding hydrogens is 647 g/mol. The molecule has 0 spiro atoms. The van der Waals surface area contributed by atoms with Crippen molar-refractivity contribution in [2.75, 3.05) is 6.26 Å². The lowest BCUT2D eigenvalue weighted by Gasteiger charge is -2.42. The van der Waals surface area contributed by atoms with Gasteiger partial charge in [0.25, 0.3) is 5.91 Å². The van der Waals surface area contributed by atoms with Gasteiger partial charge < -0.3 is 21.7 Å². The third kappa shape index (κ3) is 11.5. The lowest BCUT2D eigenvalue weighted by atomic mass is 9.64. The average molecular weight is 700 g/mol. The van der Waals surface area contributed by atoms with E-state index >= 15 is 0 Å². The number of nitrogens with one attached hydrogen (secondary N) is 3. The molecule has 1 aromatic heterocycles. The minimum atomic E-state index is -3.45. The van der Waals surface area contributed by atoms with Crippen LogP contribution in [0, 0.1) is 30.6 Å². The van der Waals surface area contributed by atoms with Gasteiger partial charge in [0.15, 0.2) is 9.84 Å². The fourth-order valence-electron chi connectivity index (χ4n) is 7.32. The van der Waals surface area contributed by atoms with E-state index in [0.717, 1.165) is 47.1 Å². The first-order valence-electron chi connectivity index (χ1n) is 17.3. The molecule has 2 aliphatic carbocycles. The molecule has 12 heteroatoms. The zero-order valence-corrected chi connectivity index (χ0v) is 30.4. The largest absolute Gasteiger partial charge is 0.348 e. The van der Waals surface area contributed by atoms with Crippen molar-refractivity contribution >= 4 is 38.9 Å². The van der Waals surface area contributed by atoms with Crippen LogP contribution in [-0.2, 0) is 32.4 Å². The van der Waals surface area contributed by atoms with Gasteiger partial charge in [-0.15, -0.1) is 11.3 Å². The molecule has 1 aromatic carbocycles. The Morgan fingerprint density at radius 2 is 1.62 bits per heavy atom. The Kier molecular flexibility index (Phi) is 13.8. The molecule has 5 N–H and O–H groups in total. The van der Waals surface area contributed by atoms with Crippen LogP contribution in [0.4, 0.5) is 0 Å². The number of nitrogens with two attached hydrogens (primary N) is 1. The number of fused-ring (bicyclic) bond motifs is 1. The fourth-order valence-corrected chi connectivity index (χ4v) is 8.48. The first-order chi connectivity index (χ1) is 22.8. The van der Waals surface area contributed by atoms with E-state index in [-0.39, 0.29) is 17.7 Å². The second-order valence-corrected chi connectivity index (χ2v) is 17.3. The van der Waals surface area contributed by atoms with E-state index in [9.17, 15) is 22.8 Å². The number of rotatable bonds is 15. The number of thiazole rings is 1. The molecule has 1 heterocycles. The van der Waals surface area contributed by atoms with Crippen LogP contribution in [0.1, 0.15) is 97.4 Å². The van der Waals surface area contributed by atoms with Crippen molar-refractivity contribution in [2.45, 2.75) is 110 Å². The SMILES string of the molecule is Cc1ncc(C(=O)N[C@@H](CC2CCCC3CCCCC32)C(=O)N[C@@H](CC(C)C)C(=O)N[C@H](/C=C/S(C)(=O)=O)Cc2ccc(CN)cc2)s1. The summed E-state index contributed by atoms with van der Waals surface area (Å²) in [6, 6.07) is 5.28. The highest BCUT2D eigenvalue weighted by molar-refractivity contribution is 7.93. The average Bonchev–Trinajstić information content (AvgIpc) is 3.49. The minimum absolute atomic E-state index is 0.0735. The first kappa shape index (κ1) is 37.7. The van der Waals surface area contributed by atoms with Crippen molar-refractivity contribution in [1.29, 1.82) is 0 Å². The van der Waals surface area contributed by atoms with Crippen molar-refractivity contribution in [3.05, 3.63) is 63.0 Å². The topological polar surface area (TPSA) is 160 Å². The second kappa shape index (κ2) is 17.5. The lowest BCUT2D eigenvalue weighted by Crippen LogP contribution is -2.56. The Balaban J connectivity index is 1.54. The summed E-state index contributed by atoms with van der Waals surface area (Å²) in [6.45, 7) is 6.18. The van der Waals surface area contributed by atoms with E-state index < -0.39 is 33.9 Å². The van der Waals surface area contributed by atoms with E-state index in [1.807, 2.05) is 45.0 Å². The molecule has 0 saturated heterocycles. The minimum Gasteiger partial charge on any atom is -0.348 e. The van der Waals surface area contributed by atoms with Gasteiger partial charge in [-0.05, 0) is 67.4 Å². The third-order valence-corrected chi connectivity index (χ3v) is 11.2. The first-order valence-corrected chi connectivity index (χ1v) is 20.1. The summed E-state index contributed by atoms with van der Waals surface area (Å²) in [5.41, 5.74) is 7.60. The summed E-state index contributed by atoms with van der Waals surface area (Å²) >= 11 is 1.28. The predicted octanol–water partition coefficient (Wildman–Crippen LogP) is 4.82. The van der Waals surface area contributed by atoms with Gasteiger partial charge in [-0.25, -0.2) is 13.4 Å². The molecule has 3 unspecified atom stereocenters. The molecular formula is C36H53N5O5S2. The molecule has 264 valence electrons. The number of benzene rings is 1. The summed E-state index contributed by atoms with van der Waals surface area (Å²) < 4.78 is 24.0. The number of amides is 3. The molecule has 2 saturated carbocycles.